The van der Waals surface area contributed by atoms with E-state index in [1.54, 1.807) is 13.1 Å². The Kier molecular flexibility index (Phi) is 4.40. The van der Waals surface area contributed by atoms with Crippen LogP contribution in [0.2, 0.25) is 0 Å². The predicted octanol–water partition coefficient (Wildman–Crippen LogP) is 3.20. The van der Waals surface area contributed by atoms with E-state index in [-0.39, 0.29) is 19.2 Å². The number of thiophene rings is 1. The molecule has 1 aliphatic rings. The van der Waals surface area contributed by atoms with E-state index < -0.39 is 0 Å². The molecule has 3 heterocycles. The first-order valence-corrected chi connectivity index (χ1v) is 8.76. The molecule has 0 bridgehead atoms. The van der Waals surface area contributed by atoms with E-state index in [1.165, 1.54) is 22.3 Å². The van der Waals surface area contributed by atoms with Crippen molar-refractivity contribution in [2.75, 3.05) is 13.8 Å². The normalized spacial score (nSPS) is 12.7. The van der Waals surface area contributed by atoms with Gasteiger partial charge in [-0.2, -0.15) is 4.98 Å². The summed E-state index contributed by atoms with van der Waals surface area (Å²) in [5.41, 5.74) is 0.855. The average molecular weight is 369 g/mol. The molecule has 3 aromatic rings. The van der Waals surface area contributed by atoms with Gasteiger partial charge < -0.3 is 18.9 Å². The molecule has 0 saturated carbocycles. The van der Waals surface area contributed by atoms with Gasteiger partial charge in [-0.15, -0.1) is 11.3 Å². The van der Waals surface area contributed by atoms with Crippen LogP contribution >= 0.6 is 11.3 Å². The summed E-state index contributed by atoms with van der Waals surface area (Å²) in [6, 6.07) is 9.36. The lowest BCUT2D eigenvalue weighted by Gasteiger charge is -2.11. The monoisotopic (exact) mass is 369 g/mol. The van der Waals surface area contributed by atoms with E-state index in [0.29, 0.717) is 23.2 Å². The molecule has 132 valence electrons. The molecule has 2 aromatic heterocycles. The van der Waals surface area contributed by atoms with Crippen LogP contribution in [0.15, 0.2) is 46.3 Å². The number of nitrogens with zero attached hydrogens (tertiary/aromatic N) is 3. The van der Waals surface area contributed by atoms with Crippen molar-refractivity contribution in [1.29, 1.82) is 0 Å². The first-order chi connectivity index (χ1) is 12.7. The van der Waals surface area contributed by atoms with E-state index in [0.717, 1.165) is 10.4 Å². The molecule has 26 heavy (non-hydrogen) atoms. The number of ether oxygens (including phenoxy) is 2. The maximum Gasteiger partial charge on any atom is 0.246 e. The van der Waals surface area contributed by atoms with Crippen LogP contribution in [0.3, 0.4) is 0 Å². The van der Waals surface area contributed by atoms with Crippen LogP contribution in [0.5, 0.6) is 11.5 Å². The van der Waals surface area contributed by atoms with Crippen molar-refractivity contribution in [2.24, 2.45) is 0 Å². The van der Waals surface area contributed by atoms with Crippen LogP contribution in [0.25, 0.3) is 16.8 Å². The summed E-state index contributed by atoms with van der Waals surface area (Å²) in [6.07, 6.45) is 3.22. The highest BCUT2D eigenvalue weighted by molar-refractivity contribution is 7.13. The van der Waals surface area contributed by atoms with E-state index in [4.69, 9.17) is 14.0 Å². The van der Waals surface area contributed by atoms with Crippen LogP contribution < -0.4 is 9.47 Å². The van der Waals surface area contributed by atoms with Gasteiger partial charge in [-0.3, -0.25) is 4.79 Å². The molecule has 0 unspecified atom stereocenters. The molecule has 0 spiro atoms. The maximum atomic E-state index is 12.3. The highest BCUT2D eigenvalue weighted by Crippen LogP contribution is 2.32. The fourth-order valence-electron chi connectivity index (χ4n) is 2.42. The third kappa shape index (κ3) is 3.45. The lowest BCUT2D eigenvalue weighted by molar-refractivity contribution is -0.125. The van der Waals surface area contributed by atoms with Crippen LogP contribution in [-0.2, 0) is 11.3 Å². The van der Waals surface area contributed by atoms with Gasteiger partial charge >= 0.3 is 0 Å². The summed E-state index contributed by atoms with van der Waals surface area (Å²) in [5, 5.41) is 5.89. The van der Waals surface area contributed by atoms with Crippen molar-refractivity contribution < 1.29 is 18.8 Å². The first kappa shape index (κ1) is 16.3. The topological polar surface area (TPSA) is 77.7 Å². The summed E-state index contributed by atoms with van der Waals surface area (Å²) in [4.78, 5) is 19.0. The predicted molar refractivity (Wildman–Crippen MR) is 95.7 cm³/mol. The highest BCUT2D eigenvalue weighted by Gasteiger charge is 2.15. The van der Waals surface area contributed by atoms with Crippen LogP contribution in [0.4, 0.5) is 0 Å². The fraction of sp³-hybridized carbons (Fsp3) is 0.167. The third-order valence-corrected chi connectivity index (χ3v) is 4.64. The number of hydrogen-bond acceptors (Lipinski definition) is 7. The summed E-state index contributed by atoms with van der Waals surface area (Å²) in [7, 11) is 1.68. The molecular formula is C18H15N3O4S. The van der Waals surface area contributed by atoms with Crippen LogP contribution in [0.1, 0.15) is 11.5 Å². The molecule has 0 N–H and O–H groups in total. The minimum atomic E-state index is -0.168. The molecule has 0 saturated heterocycles. The van der Waals surface area contributed by atoms with Gasteiger partial charge in [-0.25, -0.2) is 0 Å². The fourth-order valence-corrected chi connectivity index (χ4v) is 3.07. The smallest absolute Gasteiger partial charge is 0.246 e. The Bertz CT molecular complexity index is 949. The molecule has 1 aliphatic heterocycles. The number of hydrogen-bond donors (Lipinski definition) is 0. The first-order valence-electron chi connectivity index (χ1n) is 7.88. The Hall–Kier alpha value is -3.13. The maximum absolute atomic E-state index is 12.3. The van der Waals surface area contributed by atoms with E-state index in [1.807, 2.05) is 35.7 Å². The van der Waals surface area contributed by atoms with Gasteiger partial charge in [0.05, 0.1) is 11.4 Å². The highest BCUT2D eigenvalue weighted by atomic mass is 32.1. The third-order valence-electron chi connectivity index (χ3n) is 3.77. The van der Waals surface area contributed by atoms with Crippen LogP contribution in [-0.4, -0.2) is 34.8 Å². The summed E-state index contributed by atoms with van der Waals surface area (Å²) < 4.78 is 15.8. The molecule has 0 fully saturated rings. The average Bonchev–Trinajstić information content (AvgIpc) is 3.39. The largest absolute Gasteiger partial charge is 0.454 e. The SMILES string of the molecule is CN(Cc1nc(-c2cccs2)no1)C(=O)/C=C/c1ccc2c(c1)OCO2. The van der Waals surface area contributed by atoms with Crippen molar-refractivity contribution in [3.63, 3.8) is 0 Å². The molecule has 4 rings (SSSR count). The summed E-state index contributed by atoms with van der Waals surface area (Å²) in [5.74, 6) is 2.15. The van der Waals surface area contributed by atoms with E-state index >= 15 is 0 Å². The van der Waals surface area contributed by atoms with E-state index in [2.05, 4.69) is 10.1 Å². The number of aromatic nitrogens is 2. The zero-order valence-corrected chi connectivity index (χ0v) is 14.7. The molecule has 1 aromatic carbocycles. The van der Waals surface area contributed by atoms with Crippen molar-refractivity contribution in [3.8, 4) is 22.2 Å². The molecule has 0 radical (unpaired) electrons. The quantitative estimate of drug-likeness (QED) is 0.643. The number of rotatable bonds is 5. The summed E-state index contributed by atoms with van der Waals surface area (Å²) >= 11 is 1.53. The molecule has 0 aliphatic carbocycles. The Balaban J connectivity index is 1.38. The number of benzene rings is 1. The zero-order chi connectivity index (χ0) is 17.9. The number of likely N-dealkylation sites (N-methyl/N-ethyl adjacent to an activating group) is 1. The second kappa shape index (κ2) is 7.01. The lowest BCUT2D eigenvalue weighted by atomic mass is 10.2. The number of amides is 1. The second-order valence-corrected chi connectivity index (χ2v) is 6.58. The minimum Gasteiger partial charge on any atom is -0.454 e. The van der Waals surface area contributed by atoms with Gasteiger partial charge in [0, 0.05) is 13.1 Å². The Morgan fingerprint density at radius 3 is 3.04 bits per heavy atom. The molecule has 0 atom stereocenters. The standard InChI is InChI=1S/C18H15N3O4S/c1-21(10-16-19-18(20-25-16)15-3-2-8-26-15)17(22)7-5-12-4-6-13-14(9-12)24-11-23-13/h2-9H,10-11H2,1H3/b7-5+. The second-order valence-electron chi connectivity index (χ2n) is 5.63. The number of carbonyl (C=O) groups is 1. The summed E-state index contributed by atoms with van der Waals surface area (Å²) in [6.45, 7) is 0.463. The number of carbonyl (C=O) groups excluding carboxylic acids is 1. The van der Waals surface area contributed by atoms with Crippen molar-refractivity contribution in [3.05, 3.63) is 53.2 Å². The van der Waals surface area contributed by atoms with Gasteiger partial charge in [0.15, 0.2) is 11.5 Å². The Morgan fingerprint density at radius 2 is 2.19 bits per heavy atom. The number of fused-ring (bicyclic) bond motifs is 1. The van der Waals surface area contributed by atoms with Crippen molar-refractivity contribution in [1.82, 2.24) is 15.0 Å². The lowest BCUT2D eigenvalue weighted by Crippen LogP contribution is -2.24. The molecule has 8 heteroatoms. The van der Waals surface area contributed by atoms with Crippen molar-refractivity contribution in [2.45, 2.75) is 6.54 Å². The van der Waals surface area contributed by atoms with Gasteiger partial charge in [-0.1, -0.05) is 17.3 Å². The van der Waals surface area contributed by atoms with Gasteiger partial charge in [0.25, 0.3) is 0 Å². The zero-order valence-electron chi connectivity index (χ0n) is 13.9. The minimum absolute atomic E-state index is 0.168. The molecular weight excluding hydrogens is 354 g/mol. The van der Waals surface area contributed by atoms with Gasteiger partial charge in [-0.05, 0) is 35.2 Å². The Labute approximate surface area is 153 Å². The molecule has 1 amide bonds. The van der Waals surface area contributed by atoms with Gasteiger partial charge in [0.2, 0.25) is 24.4 Å². The van der Waals surface area contributed by atoms with Crippen LogP contribution in [0, 0.1) is 0 Å². The van der Waals surface area contributed by atoms with Gasteiger partial charge in [0.1, 0.15) is 0 Å². The molecule has 7 nitrogen and oxygen atoms in total. The Morgan fingerprint density at radius 1 is 1.31 bits per heavy atom. The van der Waals surface area contributed by atoms with E-state index in [9.17, 15) is 4.79 Å². The van der Waals surface area contributed by atoms with Crippen molar-refractivity contribution >= 4 is 23.3 Å².